The molecule has 0 aliphatic carbocycles. The van der Waals surface area contributed by atoms with Gasteiger partial charge in [0.25, 0.3) is 0 Å². The van der Waals surface area contributed by atoms with E-state index in [4.69, 9.17) is 0 Å². The zero-order valence-corrected chi connectivity index (χ0v) is 13.9. The van der Waals surface area contributed by atoms with E-state index in [1.165, 1.54) is 0 Å². The van der Waals surface area contributed by atoms with Gasteiger partial charge < -0.3 is 10.6 Å². The second-order valence-corrected chi connectivity index (χ2v) is 5.62. The van der Waals surface area contributed by atoms with Crippen molar-refractivity contribution in [2.45, 2.75) is 25.9 Å². The van der Waals surface area contributed by atoms with E-state index in [0.717, 1.165) is 29.3 Å². The van der Waals surface area contributed by atoms with E-state index >= 15 is 0 Å². The zero-order valence-electron chi connectivity index (χ0n) is 11.4. The van der Waals surface area contributed by atoms with Gasteiger partial charge in [0, 0.05) is 36.7 Å². The van der Waals surface area contributed by atoms with Crippen LogP contribution >= 0.6 is 36.6 Å². The van der Waals surface area contributed by atoms with Crippen LogP contribution < -0.4 is 10.6 Å². The van der Waals surface area contributed by atoms with Crippen molar-refractivity contribution in [3.63, 3.8) is 0 Å². The molecule has 1 aromatic rings. The summed E-state index contributed by atoms with van der Waals surface area (Å²) < 4.78 is 0. The monoisotopic (exact) mass is 337 g/mol. The van der Waals surface area contributed by atoms with Crippen LogP contribution in [0.3, 0.4) is 0 Å². The van der Waals surface area contributed by atoms with Gasteiger partial charge in [0.1, 0.15) is 0 Å². The highest BCUT2D eigenvalue weighted by atomic mass is 35.5. The summed E-state index contributed by atoms with van der Waals surface area (Å²) in [7, 11) is 0. The summed E-state index contributed by atoms with van der Waals surface area (Å²) in [5.74, 6) is 2.27. The lowest BCUT2D eigenvalue weighted by molar-refractivity contribution is -0.121. The van der Waals surface area contributed by atoms with E-state index in [9.17, 15) is 4.79 Å². The molecule has 0 radical (unpaired) electrons. The van der Waals surface area contributed by atoms with E-state index in [1.54, 1.807) is 6.20 Å². The summed E-state index contributed by atoms with van der Waals surface area (Å²) in [6.07, 6.45) is 2.31. The number of halogens is 2. The van der Waals surface area contributed by atoms with Crippen molar-refractivity contribution in [3.05, 3.63) is 29.6 Å². The predicted molar refractivity (Wildman–Crippen MR) is 89.0 cm³/mol. The molecular formula is C13H21Cl2N3OS. The number of rotatable bonds is 4. The Morgan fingerprint density at radius 3 is 3.00 bits per heavy atom. The molecule has 1 amide bonds. The molecule has 114 valence electrons. The van der Waals surface area contributed by atoms with Gasteiger partial charge >= 0.3 is 0 Å². The second kappa shape index (κ2) is 10.3. The summed E-state index contributed by atoms with van der Waals surface area (Å²) in [5.41, 5.74) is 2.06. The summed E-state index contributed by atoms with van der Waals surface area (Å²) >= 11 is 1.91. The molecule has 2 heterocycles. The van der Waals surface area contributed by atoms with Crippen molar-refractivity contribution in [2.24, 2.45) is 0 Å². The Labute approximate surface area is 136 Å². The number of hydrogen-bond acceptors (Lipinski definition) is 4. The van der Waals surface area contributed by atoms with Crippen LogP contribution in [0.15, 0.2) is 18.3 Å². The average Bonchev–Trinajstić information content (AvgIpc) is 2.39. The number of carbonyl (C=O) groups excluding carboxylic acids is 1. The molecule has 1 aliphatic heterocycles. The van der Waals surface area contributed by atoms with Gasteiger partial charge in [-0.25, -0.2) is 0 Å². The standard InChI is InChI=1S/C13H19N3OS.2ClH/c1-10-3-2-4-15-12(10)8-16-13(17)7-11-9-18-6-5-14-11;;/h2-4,11,14H,5-9H2,1H3,(H,16,17);2*1H. The maximum atomic E-state index is 11.8. The maximum Gasteiger partial charge on any atom is 0.221 e. The van der Waals surface area contributed by atoms with E-state index in [-0.39, 0.29) is 30.7 Å². The first-order chi connectivity index (χ1) is 8.75. The number of aromatic nitrogens is 1. The Bertz CT molecular complexity index is 414. The number of pyridine rings is 1. The fourth-order valence-corrected chi connectivity index (χ4v) is 2.88. The minimum absolute atomic E-state index is 0. The van der Waals surface area contributed by atoms with Crippen molar-refractivity contribution >= 4 is 42.5 Å². The third kappa shape index (κ3) is 6.31. The van der Waals surface area contributed by atoms with Crippen LogP contribution in [0.2, 0.25) is 0 Å². The molecule has 1 unspecified atom stereocenters. The Morgan fingerprint density at radius 2 is 2.35 bits per heavy atom. The fraction of sp³-hybridized carbons (Fsp3) is 0.538. The van der Waals surface area contributed by atoms with Gasteiger partial charge in [-0.05, 0) is 18.6 Å². The predicted octanol–water partition coefficient (Wildman–Crippen LogP) is 1.94. The van der Waals surface area contributed by atoms with E-state index < -0.39 is 0 Å². The number of thioether (sulfide) groups is 1. The van der Waals surface area contributed by atoms with Crippen molar-refractivity contribution in [2.75, 3.05) is 18.1 Å². The Kier molecular flexibility index (Phi) is 10.0. The largest absolute Gasteiger partial charge is 0.350 e. The smallest absolute Gasteiger partial charge is 0.221 e. The molecule has 0 saturated carbocycles. The van der Waals surface area contributed by atoms with Gasteiger partial charge in [0.2, 0.25) is 5.91 Å². The molecule has 2 N–H and O–H groups in total. The third-order valence-electron chi connectivity index (χ3n) is 3.00. The van der Waals surface area contributed by atoms with Gasteiger partial charge in [-0.3, -0.25) is 9.78 Å². The van der Waals surface area contributed by atoms with Gasteiger partial charge in [-0.15, -0.1) is 24.8 Å². The molecule has 1 saturated heterocycles. The Hall–Kier alpha value is -0.490. The highest BCUT2D eigenvalue weighted by Gasteiger charge is 2.16. The lowest BCUT2D eigenvalue weighted by Gasteiger charge is -2.22. The van der Waals surface area contributed by atoms with Crippen molar-refractivity contribution in [3.8, 4) is 0 Å². The Balaban J connectivity index is 0.00000180. The zero-order chi connectivity index (χ0) is 12.8. The highest BCUT2D eigenvalue weighted by Crippen LogP contribution is 2.10. The minimum Gasteiger partial charge on any atom is -0.350 e. The number of carbonyl (C=O) groups is 1. The van der Waals surface area contributed by atoms with Crippen LogP contribution in [-0.4, -0.2) is 35.0 Å². The number of nitrogens with one attached hydrogen (secondary N) is 2. The van der Waals surface area contributed by atoms with Gasteiger partial charge in [0.15, 0.2) is 0 Å². The summed E-state index contributed by atoms with van der Waals surface area (Å²) in [4.78, 5) is 16.1. The average molecular weight is 338 g/mol. The molecule has 0 aromatic carbocycles. The molecule has 1 aromatic heterocycles. The van der Waals surface area contributed by atoms with Crippen LogP contribution in [0.1, 0.15) is 17.7 Å². The first-order valence-electron chi connectivity index (χ1n) is 6.24. The topological polar surface area (TPSA) is 54.0 Å². The number of aryl methyl sites for hydroxylation is 1. The van der Waals surface area contributed by atoms with Gasteiger partial charge in [-0.1, -0.05) is 6.07 Å². The van der Waals surface area contributed by atoms with Crippen LogP contribution in [0, 0.1) is 6.92 Å². The van der Waals surface area contributed by atoms with Crippen LogP contribution in [0.4, 0.5) is 0 Å². The minimum atomic E-state index is 0. The molecule has 1 fully saturated rings. The first kappa shape index (κ1) is 19.5. The molecule has 1 aliphatic rings. The van der Waals surface area contributed by atoms with Crippen LogP contribution in [-0.2, 0) is 11.3 Å². The molecule has 0 spiro atoms. The van der Waals surface area contributed by atoms with Gasteiger partial charge in [0.05, 0.1) is 12.2 Å². The normalized spacial score (nSPS) is 17.6. The molecule has 20 heavy (non-hydrogen) atoms. The number of nitrogens with zero attached hydrogens (tertiary/aromatic N) is 1. The van der Waals surface area contributed by atoms with Crippen molar-refractivity contribution in [1.29, 1.82) is 0 Å². The number of hydrogen-bond donors (Lipinski definition) is 2. The van der Waals surface area contributed by atoms with Crippen molar-refractivity contribution < 1.29 is 4.79 Å². The molecule has 4 nitrogen and oxygen atoms in total. The molecule has 7 heteroatoms. The summed E-state index contributed by atoms with van der Waals surface area (Å²) in [5, 5.41) is 6.30. The molecule has 1 atom stereocenters. The molecular weight excluding hydrogens is 317 g/mol. The van der Waals surface area contributed by atoms with E-state index in [1.807, 2.05) is 30.8 Å². The lowest BCUT2D eigenvalue weighted by Crippen LogP contribution is -2.41. The number of amides is 1. The Morgan fingerprint density at radius 1 is 1.55 bits per heavy atom. The van der Waals surface area contributed by atoms with Crippen molar-refractivity contribution in [1.82, 2.24) is 15.6 Å². The maximum absolute atomic E-state index is 11.8. The summed E-state index contributed by atoms with van der Waals surface area (Å²) in [6, 6.07) is 4.23. The highest BCUT2D eigenvalue weighted by molar-refractivity contribution is 7.99. The van der Waals surface area contributed by atoms with E-state index in [2.05, 4.69) is 15.6 Å². The SMILES string of the molecule is Cc1cccnc1CNC(=O)CC1CSCCN1.Cl.Cl. The van der Waals surface area contributed by atoms with E-state index in [0.29, 0.717) is 19.0 Å². The van der Waals surface area contributed by atoms with Gasteiger partial charge in [-0.2, -0.15) is 11.8 Å². The molecule has 0 bridgehead atoms. The van der Waals surface area contributed by atoms with Crippen LogP contribution in [0.5, 0.6) is 0 Å². The fourth-order valence-electron chi connectivity index (χ4n) is 1.93. The molecule has 2 rings (SSSR count). The third-order valence-corrected chi connectivity index (χ3v) is 4.13. The quantitative estimate of drug-likeness (QED) is 0.881. The second-order valence-electron chi connectivity index (χ2n) is 4.47. The first-order valence-corrected chi connectivity index (χ1v) is 7.39. The lowest BCUT2D eigenvalue weighted by atomic mass is 10.2. The summed E-state index contributed by atoms with van der Waals surface area (Å²) in [6.45, 7) is 3.53. The van der Waals surface area contributed by atoms with Crippen LogP contribution in [0.25, 0.3) is 0 Å².